The minimum absolute atomic E-state index is 0.0362. The number of aryl methyl sites for hydroxylation is 1. The maximum Gasteiger partial charge on any atom is 0.215 e. The predicted octanol–water partition coefficient (Wildman–Crippen LogP) is 1.76. The summed E-state index contributed by atoms with van der Waals surface area (Å²) in [4.78, 5) is 4.29. The quantitative estimate of drug-likeness (QED) is 0.859. The van der Waals surface area contributed by atoms with Crippen molar-refractivity contribution in [1.29, 1.82) is 0 Å². The summed E-state index contributed by atoms with van der Waals surface area (Å²) in [6, 6.07) is 5.47. The van der Waals surface area contributed by atoms with Crippen LogP contribution >= 0.6 is 0 Å². The second kappa shape index (κ2) is 7.00. The van der Waals surface area contributed by atoms with Gasteiger partial charge in [-0.2, -0.15) is 0 Å². The number of ether oxygens (including phenoxy) is 1. The first-order chi connectivity index (χ1) is 11.4. The molecule has 1 fully saturated rings. The number of nitrogens with one attached hydrogen (secondary N) is 1. The van der Waals surface area contributed by atoms with E-state index in [0.717, 1.165) is 12.2 Å². The maximum atomic E-state index is 12.9. The van der Waals surface area contributed by atoms with Crippen molar-refractivity contribution in [1.82, 2.24) is 14.3 Å². The van der Waals surface area contributed by atoms with E-state index in [4.69, 9.17) is 4.74 Å². The van der Waals surface area contributed by atoms with Crippen molar-refractivity contribution in [3.63, 3.8) is 0 Å². The Hall–Kier alpha value is -1.77. The fourth-order valence-corrected chi connectivity index (χ4v) is 4.07. The van der Waals surface area contributed by atoms with E-state index in [2.05, 4.69) is 9.71 Å². The Morgan fingerprint density at radius 2 is 2.12 bits per heavy atom. The molecule has 1 saturated heterocycles. The van der Waals surface area contributed by atoms with Gasteiger partial charge in [0.15, 0.2) is 0 Å². The van der Waals surface area contributed by atoms with Gasteiger partial charge in [-0.05, 0) is 24.1 Å². The summed E-state index contributed by atoms with van der Waals surface area (Å²) in [5.74, 6) is 0.281. The molecule has 130 valence electrons. The summed E-state index contributed by atoms with van der Waals surface area (Å²) in [5.41, 5.74) is 0.548. The number of rotatable bonds is 6. The van der Waals surface area contributed by atoms with E-state index in [0.29, 0.717) is 18.7 Å². The van der Waals surface area contributed by atoms with Crippen LogP contribution in [-0.2, 0) is 27.6 Å². The predicted molar refractivity (Wildman–Crippen MR) is 87.0 cm³/mol. The maximum absolute atomic E-state index is 12.9. The monoisotopic (exact) mass is 353 g/mol. The number of imidazole rings is 1. The number of benzene rings is 1. The zero-order valence-corrected chi connectivity index (χ0v) is 14.2. The van der Waals surface area contributed by atoms with Crippen molar-refractivity contribution >= 4 is 10.0 Å². The topological polar surface area (TPSA) is 73.2 Å². The van der Waals surface area contributed by atoms with E-state index < -0.39 is 10.0 Å². The van der Waals surface area contributed by atoms with Gasteiger partial charge in [0.1, 0.15) is 17.7 Å². The largest absolute Gasteiger partial charge is 0.370 e. The molecule has 2 heterocycles. The molecule has 2 aromatic rings. The minimum atomic E-state index is -3.49. The lowest BCUT2D eigenvalue weighted by molar-refractivity contribution is 0.0823. The Kier molecular flexibility index (Phi) is 4.98. The van der Waals surface area contributed by atoms with Gasteiger partial charge in [-0.3, -0.25) is 0 Å². The SMILES string of the molecule is Cn1ccnc1[C@@H]1OCC[C@H]1CNS(=O)(=O)Cc1ccc(F)cc1. The van der Waals surface area contributed by atoms with Crippen molar-refractivity contribution in [2.24, 2.45) is 13.0 Å². The van der Waals surface area contributed by atoms with Crippen LogP contribution in [0.1, 0.15) is 23.9 Å². The highest BCUT2D eigenvalue weighted by molar-refractivity contribution is 7.88. The van der Waals surface area contributed by atoms with E-state index in [1.165, 1.54) is 24.3 Å². The molecule has 1 aromatic heterocycles. The van der Waals surface area contributed by atoms with Crippen LogP contribution in [0.25, 0.3) is 0 Å². The lowest BCUT2D eigenvalue weighted by Crippen LogP contribution is -2.32. The van der Waals surface area contributed by atoms with Gasteiger partial charge in [0.25, 0.3) is 0 Å². The molecule has 0 saturated carbocycles. The molecule has 2 atom stereocenters. The molecule has 0 spiro atoms. The van der Waals surface area contributed by atoms with E-state index in [9.17, 15) is 12.8 Å². The fraction of sp³-hybridized carbons (Fsp3) is 0.438. The average Bonchev–Trinajstić information content (AvgIpc) is 3.15. The Bertz CT molecular complexity index is 789. The molecule has 1 aliphatic rings. The average molecular weight is 353 g/mol. The number of nitrogens with zero attached hydrogens (tertiary/aromatic N) is 2. The van der Waals surface area contributed by atoms with Gasteiger partial charge in [0, 0.05) is 38.5 Å². The summed E-state index contributed by atoms with van der Waals surface area (Å²) >= 11 is 0. The normalized spacial score (nSPS) is 21.2. The Morgan fingerprint density at radius 3 is 2.79 bits per heavy atom. The van der Waals surface area contributed by atoms with Crippen molar-refractivity contribution in [2.45, 2.75) is 18.3 Å². The van der Waals surface area contributed by atoms with Crippen LogP contribution in [0.4, 0.5) is 4.39 Å². The van der Waals surface area contributed by atoms with Gasteiger partial charge in [-0.15, -0.1) is 0 Å². The van der Waals surface area contributed by atoms with Crippen LogP contribution < -0.4 is 4.72 Å². The molecule has 8 heteroatoms. The second-order valence-corrected chi connectivity index (χ2v) is 7.78. The molecule has 1 aliphatic heterocycles. The van der Waals surface area contributed by atoms with E-state index in [-0.39, 0.29) is 23.6 Å². The molecule has 3 rings (SSSR count). The molecule has 1 N–H and O–H groups in total. The van der Waals surface area contributed by atoms with Crippen LogP contribution in [0.5, 0.6) is 0 Å². The zero-order valence-electron chi connectivity index (χ0n) is 13.4. The van der Waals surface area contributed by atoms with Crippen molar-refractivity contribution in [3.8, 4) is 0 Å². The number of halogens is 1. The van der Waals surface area contributed by atoms with Crippen molar-refractivity contribution in [3.05, 3.63) is 53.9 Å². The van der Waals surface area contributed by atoms with Crippen molar-refractivity contribution < 1.29 is 17.5 Å². The first-order valence-electron chi connectivity index (χ1n) is 7.75. The number of hydrogen-bond acceptors (Lipinski definition) is 4. The lowest BCUT2D eigenvalue weighted by Gasteiger charge is -2.18. The molecule has 0 bridgehead atoms. The Labute approximate surface area is 140 Å². The number of sulfonamides is 1. The summed E-state index contributed by atoms with van der Waals surface area (Å²) in [6.07, 6.45) is 4.11. The summed E-state index contributed by atoms with van der Waals surface area (Å²) in [6.45, 7) is 0.878. The lowest BCUT2D eigenvalue weighted by atomic mass is 10.0. The molecule has 1 aromatic carbocycles. The van der Waals surface area contributed by atoms with Crippen LogP contribution in [-0.4, -0.2) is 31.1 Å². The van der Waals surface area contributed by atoms with Gasteiger partial charge < -0.3 is 9.30 Å². The van der Waals surface area contributed by atoms with Crippen LogP contribution in [0.15, 0.2) is 36.7 Å². The van der Waals surface area contributed by atoms with Gasteiger partial charge in [0.05, 0.1) is 5.75 Å². The molecular weight excluding hydrogens is 333 g/mol. The highest BCUT2D eigenvalue weighted by atomic mass is 32.2. The summed E-state index contributed by atoms with van der Waals surface area (Å²) < 4.78 is 47.6. The molecular formula is C16H20FN3O3S. The molecule has 0 amide bonds. The highest BCUT2D eigenvalue weighted by Crippen LogP contribution is 2.33. The van der Waals surface area contributed by atoms with Crippen LogP contribution in [0.3, 0.4) is 0 Å². The van der Waals surface area contributed by atoms with Gasteiger partial charge in [0.2, 0.25) is 10.0 Å². The standard InChI is InChI=1S/C16H20FN3O3S/c1-20-8-7-18-16(20)15-13(6-9-23-15)10-19-24(21,22)11-12-2-4-14(17)5-3-12/h2-5,7-8,13,15,19H,6,9-11H2,1H3/t13-,15+/m0/s1. The zero-order chi connectivity index (χ0) is 17.2. The van der Waals surface area contributed by atoms with E-state index >= 15 is 0 Å². The van der Waals surface area contributed by atoms with Gasteiger partial charge in [-0.25, -0.2) is 22.5 Å². The van der Waals surface area contributed by atoms with Crippen molar-refractivity contribution in [2.75, 3.05) is 13.2 Å². The number of aromatic nitrogens is 2. The molecule has 0 unspecified atom stereocenters. The van der Waals surface area contributed by atoms with Gasteiger partial charge in [-0.1, -0.05) is 12.1 Å². The molecule has 6 nitrogen and oxygen atoms in total. The van der Waals surface area contributed by atoms with Crippen LogP contribution in [0, 0.1) is 11.7 Å². The molecule has 0 radical (unpaired) electrons. The Morgan fingerprint density at radius 1 is 1.38 bits per heavy atom. The fourth-order valence-electron chi connectivity index (χ4n) is 2.86. The third-order valence-electron chi connectivity index (χ3n) is 4.16. The minimum Gasteiger partial charge on any atom is -0.370 e. The van der Waals surface area contributed by atoms with Gasteiger partial charge >= 0.3 is 0 Å². The second-order valence-electron chi connectivity index (χ2n) is 5.97. The highest BCUT2D eigenvalue weighted by Gasteiger charge is 2.33. The number of hydrogen-bond donors (Lipinski definition) is 1. The first-order valence-corrected chi connectivity index (χ1v) is 9.40. The molecule has 0 aliphatic carbocycles. The Balaban J connectivity index is 1.61. The van der Waals surface area contributed by atoms with E-state index in [1.54, 1.807) is 6.20 Å². The molecule has 24 heavy (non-hydrogen) atoms. The third kappa shape index (κ3) is 4.00. The summed E-state index contributed by atoms with van der Waals surface area (Å²) in [5, 5.41) is 0. The van der Waals surface area contributed by atoms with Crippen LogP contribution in [0.2, 0.25) is 0 Å². The first kappa shape index (κ1) is 17.1. The van der Waals surface area contributed by atoms with E-state index in [1.807, 2.05) is 17.8 Å². The summed E-state index contributed by atoms with van der Waals surface area (Å²) in [7, 11) is -1.60. The smallest absolute Gasteiger partial charge is 0.215 e. The third-order valence-corrected chi connectivity index (χ3v) is 5.48.